The summed E-state index contributed by atoms with van der Waals surface area (Å²) >= 11 is 0. The Morgan fingerprint density at radius 2 is 1.74 bits per heavy atom. The van der Waals surface area contributed by atoms with Gasteiger partial charge in [-0.3, -0.25) is 13.9 Å². The molecule has 2 unspecified atom stereocenters. The van der Waals surface area contributed by atoms with Gasteiger partial charge in [-0.15, -0.1) is 0 Å². The van der Waals surface area contributed by atoms with Crippen LogP contribution in [0.25, 0.3) is 0 Å². The first-order chi connectivity index (χ1) is 18.0. The summed E-state index contributed by atoms with van der Waals surface area (Å²) in [6, 6.07) is 14.2. The molecule has 0 saturated carbocycles. The summed E-state index contributed by atoms with van der Waals surface area (Å²) in [7, 11) is -3.62. The highest BCUT2D eigenvalue weighted by molar-refractivity contribution is 7.92. The van der Waals surface area contributed by atoms with Crippen LogP contribution in [0.3, 0.4) is 0 Å². The van der Waals surface area contributed by atoms with Crippen molar-refractivity contribution in [1.29, 1.82) is 0 Å². The normalized spacial score (nSPS) is 12.9. The van der Waals surface area contributed by atoms with Gasteiger partial charge in [0.1, 0.15) is 11.8 Å². The first-order valence-corrected chi connectivity index (χ1v) is 15.2. The highest BCUT2D eigenvalue weighted by Gasteiger charge is 2.29. The summed E-state index contributed by atoms with van der Waals surface area (Å²) in [5.41, 5.74) is 2.46. The maximum atomic E-state index is 13.6. The number of benzene rings is 2. The SMILES string of the molecule is CCOc1ccccc1N(CCCC(=O)N(Cc1cccc(C)c1)C(CC)C(=O)NC(C)CC)S(C)(=O)=O. The Balaban J connectivity index is 2.26. The first-order valence-electron chi connectivity index (χ1n) is 13.4. The molecule has 2 atom stereocenters. The highest BCUT2D eigenvalue weighted by Crippen LogP contribution is 2.30. The molecule has 0 radical (unpaired) electrons. The van der Waals surface area contributed by atoms with Gasteiger partial charge in [-0.2, -0.15) is 0 Å². The fourth-order valence-corrected chi connectivity index (χ4v) is 5.26. The van der Waals surface area contributed by atoms with Gasteiger partial charge in [-0.1, -0.05) is 55.8 Å². The topological polar surface area (TPSA) is 96.0 Å². The average Bonchev–Trinajstić information content (AvgIpc) is 2.86. The van der Waals surface area contributed by atoms with Gasteiger partial charge >= 0.3 is 0 Å². The standard InChI is InChI=1S/C29H43N3O5S/c1-7-23(5)30-29(34)25(8-2)31(21-24-15-12-14-22(4)20-24)28(33)18-13-19-32(38(6,35)36)26-16-10-11-17-27(26)37-9-3/h10-12,14-17,20,23,25H,7-9,13,18-19,21H2,1-6H3,(H,30,34). The Hall–Kier alpha value is -3.07. The molecule has 38 heavy (non-hydrogen) atoms. The van der Waals surface area contributed by atoms with Crippen LogP contribution in [0.15, 0.2) is 48.5 Å². The van der Waals surface area contributed by atoms with Gasteiger partial charge in [0.2, 0.25) is 21.8 Å². The van der Waals surface area contributed by atoms with Gasteiger partial charge in [0.05, 0.1) is 18.6 Å². The van der Waals surface area contributed by atoms with Crippen LogP contribution in [0.1, 0.15) is 64.5 Å². The molecule has 9 heteroatoms. The molecule has 0 aliphatic rings. The van der Waals surface area contributed by atoms with E-state index in [0.717, 1.165) is 23.8 Å². The van der Waals surface area contributed by atoms with Gasteiger partial charge < -0.3 is 15.0 Å². The van der Waals surface area contributed by atoms with Crippen molar-refractivity contribution < 1.29 is 22.7 Å². The predicted octanol–water partition coefficient (Wildman–Crippen LogP) is 4.66. The van der Waals surface area contributed by atoms with Crippen molar-refractivity contribution in [2.45, 2.75) is 78.9 Å². The van der Waals surface area contributed by atoms with E-state index in [1.807, 2.05) is 58.9 Å². The van der Waals surface area contributed by atoms with Crippen molar-refractivity contribution in [2.75, 3.05) is 23.7 Å². The third kappa shape index (κ3) is 9.04. The van der Waals surface area contributed by atoms with E-state index < -0.39 is 16.1 Å². The van der Waals surface area contributed by atoms with Gasteiger partial charge in [0.15, 0.2) is 0 Å². The van der Waals surface area contributed by atoms with E-state index in [4.69, 9.17) is 4.74 Å². The lowest BCUT2D eigenvalue weighted by Gasteiger charge is -2.32. The van der Waals surface area contributed by atoms with E-state index >= 15 is 0 Å². The number of carbonyl (C=O) groups is 2. The van der Waals surface area contributed by atoms with Gasteiger partial charge in [-0.25, -0.2) is 8.42 Å². The number of anilines is 1. The zero-order chi connectivity index (χ0) is 28.3. The van der Waals surface area contributed by atoms with Crippen molar-refractivity contribution in [2.24, 2.45) is 0 Å². The zero-order valence-corrected chi connectivity index (χ0v) is 24.4. The number of carbonyl (C=O) groups excluding carboxylic acids is 2. The Labute approximate surface area is 228 Å². The zero-order valence-electron chi connectivity index (χ0n) is 23.6. The Kier molecular flexibility index (Phi) is 12.1. The van der Waals surface area contributed by atoms with Crippen molar-refractivity contribution in [3.8, 4) is 5.75 Å². The van der Waals surface area contributed by atoms with Crippen molar-refractivity contribution in [3.63, 3.8) is 0 Å². The number of ether oxygens (including phenoxy) is 1. The Morgan fingerprint density at radius 1 is 1.03 bits per heavy atom. The van der Waals surface area contributed by atoms with Crippen LogP contribution < -0.4 is 14.4 Å². The molecule has 0 heterocycles. The number of nitrogens with one attached hydrogen (secondary N) is 1. The molecule has 0 saturated heterocycles. The van der Waals surface area contributed by atoms with Crippen LogP contribution in [0.2, 0.25) is 0 Å². The predicted molar refractivity (Wildman–Crippen MR) is 153 cm³/mol. The van der Waals surface area contributed by atoms with E-state index in [-0.39, 0.29) is 30.8 Å². The van der Waals surface area contributed by atoms with Crippen LogP contribution in [0.5, 0.6) is 5.75 Å². The molecule has 0 bridgehead atoms. The maximum absolute atomic E-state index is 13.6. The van der Waals surface area contributed by atoms with E-state index in [0.29, 0.717) is 37.4 Å². The largest absolute Gasteiger partial charge is 0.492 e. The second-order valence-corrected chi connectivity index (χ2v) is 11.5. The maximum Gasteiger partial charge on any atom is 0.243 e. The van der Waals surface area contributed by atoms with Crippen molar-refractivity contribution >= 4 is 27.5 Å². The molecule has 2 rings (SSSR count). The molecule has 210 valence electrons. The van der Waals surface area contributed by atoms with Crippen LogP contribution in [0, 0.1) is 6.92 Å². The van der Waals surface area contributed by atoms with E-state index in [1.54, 1.807) is 29.2 Å². The number of amides is 2. The lowest BCUT2D eigenvalue weighted by molar-refractivity contribution is -0.141. The van der Waals surface area contributed by atoms with Crippen LogP contribution in [-0.2, 0) is 26.2 Å². The monoisotopic (exact) mass is 545 g/mol. The number of hydrogen-bond donors (Lipinski definition) is 1. The van der Waals surface area contributed by atoms with Crippen LogP contribution in [-0.4, -0.2) is 56.6 Å². The van der Waals surface area contributed by atoms with Crippen LogP contribution >= 0.6 is 0 Å². The minimum absolute atomic E-state index is 0.00111. The van der Waals surface area contributed by atoms with E-state index in [9.17, 15) is 18.0 Å². The summed E-state index contributed by atoms with van der Waals surface area (Å²) < 4.78 is 32.3. The van der Waals surface area contributed by atoms with Gasteiger partial charge in [0, 0.05) is 25.6 Å². The third-order valence-electron chi connectivity index (χ3n) is 6.41. The number of aryl methyl sites for hydroxylation is 1. The van der Waals surface area contributed by atoms with Gasteiger partial charge in [0.25, 0.3) is 0 Å². The number of rotatable bonds is 15. The van der Waals surface area contributed by atoms with Crippen molar-refractivity contribution in [3.05, 3.63) is 59.7 Å². The Morgan fingerprint density at radius 3 is 2.34 bits per heavy atom. The molecule has 0 fully saturated rings. The molecule has 2 aromatic carbocycles. The first kappa shape index (κ1) is 31.1. The summed E-state index contributed by atoms with van der Waals surface area (Å²) in [5, 5.41) is 3.01. The summed E-state index contributed by atoms with van der Waals surface area (Å²) in [4.78, 5) is 28.4. The molecule has 2 amide bonds. The molecule has 0 aromatic heterocycles. The number of nitrogens with zero attached hydrogens (tertiary/aromatic N) is 2. The molecule has 0 spiro atoms. The smallest absolute Gasteiger partial charge is 0.243 e. The molecular weight excluding hydrogens is 502 g/mol. The molecular formula is C29H43N3O5S. The highest BCUT2D eigenvalue weighted by atomic mass is 32.2. The molecule has 0 aliphatic heterocycles. The fraction of sp³-hybridized carbons (Fsp3) is 0.517. The summed E-state index contributed by atoms with van der Waals surface area (Å²) in [5.74, 6) is 0.107. The molecule has 0 aliphatic carbocycles. The second kappa shape index (κ2) is 14.8. The molecule has 8 nitrogen and oxygen atoms in total. The molecule has 2 aromatic rings. The number of para-hydroxylation sites is 2. The lowest BCUT2D eigenvalue weighted by Crippen LogP contribution is -2.50. The van der Waals surface area contributed by atoms with E-state index in [2.05, 4.69) is 5.32 Å². The third-order valence-corrected chi connectivity index (χ3v) is 7.59. The lowest BCUT2D eigenvalue weighted by atomic mass is 10.1. The quantitative estimate of drug-likeness (QED) is 0.351. The second-order valence-electron chi connectivity index (χ2n) is 9.59. The Bertz CT molecular complexity index is 1170. The van der Waals surface area contributed by atoms with Crippen molar-refractivity contribution in [1.82, 2.24) is 10.2 Å². The average molecular weight is 546 g/mol. The summed E-state index contributed by atoms with van der Waals surface area (Å²) in [6.45, 7) is 10.5. The van der Waals surface area contributed by atoms with Gasteiger partial charge in [-0.05, 0) is 57.7 Å². The fourth-order valence-electron chi connectivity index (χ4n) is 4.29. The number of hydrogen-bond acceptors (Lipinski definition) is 5. The minimum Gasteiger partial charge on any atom is -0.492 e. The summed E-state index contributed by atoms with van der Waals surface area (Å²) in [6.07, 6.45) is 2.80. The van der Waals surface area contributed by atoms with E-state index in [1.165, 1.54) is 4.31 Å². The molecule has 1 N–H and O–H groups in total. The minimum atomic E-state index is -3.62. The number of sulfonamides is 1. The van der Waals surface area contributed by atoms with Crippen LogP contribution in [0.4, 0.5) is 5.69 Å².